The molecule has 0 radical (unpaired) electrons. The van der Waals surface area contributed by atoms with Gasteiger partial charge in [0, 0.05) is 13.1 Å². The molecule has 1 aliphatic heterocycles. The Labute approximate surface area is 75.4 Å². The second kappa shape index (κ2) is 3.90. The summed E-state index contributed by atoms with van der Waals surface area (Å²) in [6.07, 6.45) is 3.20. The van der Waals surface area contributed by atoms with E-state index in [1.807, 2.05) is 4.90 Å². The van der Waals surface area contributed by atoms with Crippen LogP contribution in [0.2, 0.25) is 0 Å². The Hall–Kier alpha value is -0.310. The highest BCUT2D eigenvalue weighted by Crippen LogP contribution is 2.09. The molecule has 1 aliphatic rings. The summed E-state index contributed by atoms with van der Waals surface area (Å²) >= 11 is 3.16. The molecular formula is C8H12BrNO. The third-order valence-electron chi connectivity index (χ3n) is 1.80. The number of amides is 1. The molecule has 1 rings (SSSR count). The Bertz CT molecular complexity index is 189. The molecule has 0 aliphatic carbocycles. The van der Waals surface area contributed by atoms with E-state index in [2.05, 4.69) is 28.9 Å². The molecule has 0 aromatic carbocycles. The van der Waals surface area contributed by atoms with Crippen LogP contribution in [-0.4, -0.2) is 29.2 Å². The minimum atomic E-state index is 0.192. The first-order chi connectivity index (χ1) is 5.24. The molecule has 0 spiro atoms. The smallest absolute Gasteiger partial charge is 0.233 e. The zero-order valence-corrected chi connectivity index (χ0v) is 8.23. The molecule has 3 heteroatoms. The average Bonchev–Trinajstić information content (AvgIpc) is 2.03. The number of carbonyl (C=O) groups excluding carboxylic acids is 1. The molecule has 0 N–H and O–H groups in total. The minimum Gasteiger partial charge on any atom is -0.338 e. The predicted molar refractivity (Wildman–Crippen MR) is 48.7 cm³/mol. The highest BCUT2D eigenvalue weighted by atomic mass is 79.9. The van der Waals surface area contributed by atoms with Gasteiger partial charge in [0.05, 0.1) is 5.33 Å². The van der Waals surface area contributed by atoms with E-state index < -0.39 is 0 Å². The van der Waals surface area contributed by atoms with Gasteiger partial charge in [0.2, 0.25) is 5.91 Å². The van der Waals surface area contributed by atoms with Crippen molar-refractivity contribution < 1.29 is 4.79 Å². The van der Waals surface area contributed by atoms with Crippen molar-refractivity contribution >= 4 is 21.8 Å². The molecule has 0 bridgehead atoms. The van der Waals surface area contributed by atoms with Gasteiger partial charge in [-0.25, -0.2) is 0 Å². The monoisotopic (exact) mass is 217 g/mol. The predicted octanol–water partition coefficient (Wildman–Crippen LogP) is 1.56. The summed E-state index contributed by atoms with van der Waals surface area (Å²) in [5.41, 5.74) is 1.30. The number of hydrogen-bond acceptors (Lipinski definition) is 1. The fraction of sp³-hybridized carbons (Fsp3) is 0.625. The SMILES string of the molecule is CC1=CCCN(C(=O)CBr)C1. The van der Waals surface area contributed by atoms with Crippen LogP contribution in [-0.2, 0) is 4.79 Å². The quantitative estimate of drug-likeness (QED) is 0.483. The van der Waals surface area contributed by atoms with Gasteiger partial charge in [0.25, 0.3) is 0 Å². The Balaban J connectivity index is 2.50. The zero-order chi connectivity index (χ0) is 8.27. The van der Waals surface area contributed by atoms with Gasteiger partial charge in [-0.05, 0) is 13.3 Å². The molecular weight excluding hydrogens is 206 g/mol. The number of nitrogens with zero attached hydrogens (tertiary/aromatic N) is 1. The van der Waals surface area contributed by atoms with Crippen LogP contribution < -0.4 is 0 Å². The van der Waals surface area contributed by atoms with Crippen LogP contribution in [0.5, 0.6) is 0 Å². The van der Waals surface area contributed by atoms with Crippen LogP contribution in [0.4, 0.5) is 0 Å². The molecule has 62 valence electrons. The van der Waals surface area contributed by atoms with Crippen molar-refractivity contribution in [3.63, 3.8) is 0 Å². The number of hydrogen-bond donors (Lipinski definition) is 0. The van der Waals surface area contributed by atoms with E-state index in [4.69, 9.17) is 0 Å². The summed E-state index contributed by atoms with van der Waals surface area (Å²) in [5.74, 6) is 0.192. The Morgan fingerprint density at radius 3 is 3.09 bits per heavy atom. The van der Waals surface area contributed by atoms with Gasteiger partial charge < -0.3 is 4.90 Å². The van der Waals surface area contributed by atoms with E-state index in [0.717, 1.165) is 19.5 Å². The fourth-order valence-corrected chi connectivity index (χ4v) is 1.56. The van der Waals surface area contributed by atoms with E-state index in [1.54, 1.807) is 0 Å². The fourth-order valence-electron chi connectivity index (χ4n) is 1.21. The maximum absolute atomic E-state index is 11.2. The van der Waals surface area contributed by atoms with Crippen molar-refractivity contribution in [3.8, 4) is 0 Å². The summed E-state index contributed by atoms with van der Waals surface area (Å²) in [4.78, 5) is 13.0. The lowest BCUT2D eigenvalue weighted by atomic mass is 10.1. The minimum absolute atomic E-state index is 0.192. The molecule has 1 amide bonds. The third kappa shape index (κ3) is 2.33. The number of alkyl halides is 1. The normalized spacial score (nSPS) is 18.0. The van der Waals surface area contributed by atoms with Gasteiger partial charge in [0.15, 0.2) is 0 Å². The van der Waals surface area contributed by atoms with Crippen molar-refractivity contribution in [2.45, 2.75) is 13.3 Å². The van der Waals surface area contributed by atoms with E-state index in [-0.39, 0.29) is 5.91 Å². The summed E-state index contributed by atoms with van der Waals surface area (Å²) in [7, 11) is 0. The second-order valence-electron chi connectivity index (χ2n) is 2.79. The Kier molecular flexibility index (Phi) is 3.12. The highest BCUT2D eigenvalue weighted by molar-refractivity contribution is 9.09. The first kappa shape index (κ1) is 8.78. The molecule has 0 aromatic rings. The lowest BCUT2D eigenvalue weighted by Crippen LogP contribution is -2.35. The Morgan fingerprint density at radius 2 is 2.55 bits per heavy atom. The molecule has 1 heterocycles. The lowest BCUT2D eigenvalue weighted by Gasteiger charge is -2.25. The highest BCUT2D eigenvalue weighted by Gasteiger charge is 2.14. The average molecular weight is 218 g/mol. The number of carbonyl (C=O) groups is 1. The summed E-state index contributed by atoms with van der Waals surface area (Å²) in [5, 5.41) is 0.445. The molecule has 0 aromatic heterocycles. The number of rotatable bonds is 1. The zero-order valence-electron chi connectivity index (χ0n) is 6.64. The van der Waals surface area contributed by atoms with E-state index >= 15 is 0 Å². The summed E-state index contributed by atoms with van der Waals surface area (Å²) in [6, 6.07) is 0. The van der Waals surface area contributed by atoms with Crippen LogP contribution in [0.3, 0.4) is 0 Å². The van der Waals surface area contributed by atoms with Gasteiger partial charge in [0.1, 0.15) is 0 Å². The van der Waals surface area contributed by atoms with Crippen LogP contribution >= 0.6 is 15.9 Å². The van der Waals surface area contributed by atoms with Crippen LogP contribution in [0.15, 0.2) is 11.6 Å². The molecule has 0 unspecified atom stereocenters. The van der Waals surface area contributed by atoms with Gasteiger partial charge >= 0.3 is 0 Å². The van der Waals surface area contributed by atoms with Crippen molar-refractivity contribution in [1.82, 2.24) is 4.90 Å². The molecule has 11 heavy (non-hydrogen) atoms. The molecule has 0 saturated carbocycles. The molecule has 0 fully saturated rings. The first-order valence-electron chi connectivity index (χ1n) is 3.73. The summed E-state index contributed by atoms with van der Waals surface area (Å²) in [6.45, 7) is 3.75. The maximum Gasteiger partial charge on any atom is 0.233 e. The molecule has 2 nitrogen and oxygen atoms in total. The van der Waals surface area contributed by atoms with Gasteiger partial charge in [-0.3, -0.25) is 4.79 Å². The summed E-state index contributed by atoms with van der Waals surface area (Å²) < 4.78 is 0. The van der Waals surface area contributed by atoms with Gasteiger partial charge in [-0.1, -0.05) is 27.6 Å². The van der Waals surface area contributed by atoms with Gasteiger partial charge in [-0.2, -0.15) is 0 Å². The van der Waals surface area contributed by atoms with Crippen molar-refractivity contribution in [1.29, 1.82) is 0 Å². The van der Waals surface area contributed by atoms with Crippen LogP contribution in [0.1, 0.15) is 13.3 Å². The molecule has 0 atom stereocenters. The lowest BCUT2D eigenvalue weighted by molar-refractivity contribution is -0.128. The van der Waals surface area contributed by atoms with Crippen molar-refractivity contribution in [2.75, 3.05) is 18.4 Å². The van der Waals surface area contributed by atoms with Crippen molar-refractivity contribution in [2.24, 2.45) is 0 Å². The second-order valence-corrected chi connectivity index (χ2v) is 3.35. The van der Waals surface area contributed by atoms with E-state index in [0.29, 0.717) is 5.33 Å². The van der Waals surface area contributed by atoms with Crippen LogP contribution in [0, 0.1) is 0 Å². The Morgan fingerprint density at radius 1 is 1.82 bits per heavy atom. The van der Waals surface area contributed by atoms with E-state index in [1.165, 1.54) is 5.57 Å². The molecule has 0 saturated heterocycles. The topological polar surface area (TPSA) is 20.3 Å². The van der Waals surface area contributed by atoms with E-state index in [9.17, 15) is 4.79 Å². The standard InChI is InChI=1S/C8H12BrNO/c1-7-3-2-4-10(6-7)8(11)5-9/h3H,2,4-6H2,1H3. The van der Waals surface area contributed by atoms with Crippen molar-refractivity contribution in [3.05, 3.63) is 11.6 Å². The maximum atomic E-state index is 11.2. The number of halogens is 1. The third-order valence-corrected chi connectivity index (χ3v) is 2.28. The first-order valence-corrected chi connectivity index (χ1v) is 4.85. The largest absolute Gasteiger partial charge is 0.338 e. The van der Waals surface area contributed by atoms with Gasteiger partial charge in [-0.15, -0.1) is 0 Å². The van der Waals surface area contributed by atoms with Crippen LogP contribution in [0.25, 0.3) is 0 Å².